The summed E-state index contributed by atoms with van der Waals surface area (Å²) in [6.07, 6.45) is 0.357. The second kappa shape index (κ2) is 7.72. The Morgan fingerprint density at radius 1 is 1.04 bits per heavy atom. The summed E-state index contributed by atoms with van der Waals surface area (Å²) in [5, 5.41) is 2.55. The molecule has 0 fully saturated rings. The number of Topliss-reactive ketones (excluding diaryl/α,β-unsaturated/α-hetero) is 1. The Labute approximate surface area is 154 Å². The smallest absolute Gasteiger partial charge is 0.233 e. The van der Waals surface area contributed by atoms with Crippen LogP contribution in [0.25, 0.3) is 0 Å². The number of rotatable bonds is 6. The van der Waals surface area contributed by atoms with Crippen LogP contribution < -0.4 is 4.90 Å². The molecule has 6 heteroatoms. The summed E-state index contributed by atoms with van der Waals surface area (Å²) >= 11 is 2.89. The number of carbonyl (C=O) groups is 2. The number of carbonyl (C=O) groups excluding carboxylic acids is 2. The lowest BCUT2D eigenvalue weighted by Gasteiger charge is -2.19. The number of nitrogens with zero attached hydrogens (tertiary/aromatic N) is 2. The van der Waals surface area contributed by atoms with E-state index in [0.717, 1.165) is 16.3 Å². The Hall–Kier alpha value is -2.31. The second-order valence-corrected chi connectivity index (χ2v) is 7.79. The lowest BCUT2D eigenvalue weighted by atomic mass is 10.1. The molecule has 0 aliphatic rings. The van der Waals surface area contributed by atoms with Crippen LogP contribution in [0.2, 0.25) is 0 Å². The third-order valence-corrected chi connectivity index (χ3v) is 5.63. The van der Waals surface area contributed by atoms with E-state index in [1.165, 1.54) is 22.7 Å². The molecule has 0 spiro atoms. The molecule has 128 valence electrons. The van der Waals surface area contributed by atoms with Crippen molar-refractivity contribution < 1.29 is 9.59 Å². The number of thiazole rings is 1. The van der Waals surface area contributed by atoms with Crippen molar-refractivity contribution in [3.63, 3.8) is 0 Å². The first kappa shape index (κ1) is 17.5. The molecular weight excluding hydrogens is 352 g/mol. The number of amides is 1. The number of ketones is 1. The van der Waals surface area contributed by atoms with Crippen LogP contribution in [-0.4, -0.2) is 16.7 Å². The number of aromatic nitrogens is 1. The van der Waals surface area contributed by atoms with E-state index in [4.69, 9.17) is 0 Å². The maximum Gasteiger partial charge on any atom is 0.233 e. The first-order valence-corrected chi connectivity index (χ1v) is 9.64. The summed E-state index contributed by atoms with van der Waals surface area (Å²) in [5.41, 5.74) is 1.64. The summed E-state index contributed by atoms with van der Waals surface area (Å²) in [6.45, 7) is 3.87. The van der Waals surface area contributed by atoms with E-state index in [9.17, 15) is 9.59 Å². The highest BCUT2D eigenvalue weighted by Gasteiger charge is 2.22. The summed E-state index contributed by atoms with van der Waals surface area (Å²) < 4.78 is 0. The molecule has 0 unspecified atom stereocenters. The molecule has 1 amide bonds. The fraction of sp³-hybridized carbons (Fsp3) is 0.211. The van der Waals surface area contributed by atoms with Gasteiger partial charge in [0.05, 0.1) is 16.3 Å². The van der Waals surface area contributed by atoms with Crippen molar-refractivity contribution in [2.75, 3.05) is 4.90 Å². The van der Waals surface area contributed by atoms with E-state index >= 15 is 0 Å². The van der Waals surface area contributed by atoms with Gasteiger partial charge >= 0.3 is 0 Å². The molecule has 2 heterocycles. The molecular formula is C19H18N2O2S2. The largest absolute Gasteiger partial charge is 0.293 e. The van der Waals surface area contributed by atoms with Crippen molar-refractivity contribution in [2.24, 2.45) is 0 Å². The second-order valence-electron chi connectivity index (χ2n) is 5.67. The zero-order chi connectivity index (χ0) is 17.8. The molecule has 0 bridgehead atoms. The molecule has 3 aromatic rings. The molecule has 3 rings (SSSR count). The quantitative estimate of drug-likeness (QED) is 0.564. The van der Waals surface area contributed by atoms with Crippen LogP contribution >= 0.6 is 22.7 Å². The molecule has 0 aliphatic carbocycles. The van der Waals surface area contributed by atoms with Gasteiger partial charge in [-0.2, -0.15) is 0 Å². The predicted molar refractivity (Wildman–Crippen MR) is 103 cm³/mol. The van der Waals surface area contributed by atoms with Crippen molar-refractivity contribution >= 4 is 45.2 Å². The fourth-order valence-corrected chi connectivity index (χ4v) is 4.10. The molecule has 0 aliphatic heterocycles. The van der Waals surface area contributed by atoms with Gasteiger partial charge in [0, 0.05) is 23.1 Å². The Morgan fingerprint density at radius 2 is 1.80 bits per heavy atom. The van der Waals surface area contributed by atoms with Crippen LogP contribution in [0.4, 0.5) is 10.8 Å². The molecule has 1 aromatic carbocycles. The van der Waals surface area contributed by atoms with Crippen molar-refractivity contribution in [1.29, 1.82) is 0 Å². The number of para-hydroxylation sites is 1. The van der Waals surface area contributed by atoms with E-state index in [1.807, 2.05) is 61.7 Å². The highest BCUT2D eigenvalue weighted by Crippen LogP contribution is 2.29. The Bertz CT molecular complexity index is 884. The number of anilines is 2. The predicted octanol–water partition coefficient (Wildman–Crippen LogP) is 5.15. The Balaban J connectivity index is 1.77. The van der Waals surface area contributed by atoms with Gasteiger partial charge in [0.15, 0.2) is 10.9 Å². The van der Waals surface area contributed by atoms with E-state index in [1.54, 1.807) is 4.90 Å². The fourth-order valence-electron chi connectivity index (χ4n) is 2.42. The molecule has 2 aromatic heterocycles. The minimum absolute atomic E-state index is 0.00906. The Kier molecular flexibility index (Phi) is 5.40. The Morgan fingerprint density at radius 3 is 2.40 bits per heavy atom. The maximum atomic E-state index is 12.8. The monoisotopic (exact) mass is 370 g/mol. The topological polar surface area (TPSA) is 50.3 Å². The standard InChI is InChI=1S/C19H18N2O2S2/c1-13-12-24-19(20-13)21(15-6-4-3-5-7-15)18(23)11-9-16(22)17-10-8-14(2)25-17/h3-8,10,12H,9,11H2,1-2H3. The molecule has 0 radical (unpaired) electrons. The molecule has 25 heavy (non-hydrogen) atoms. The van der Waals surface area contributed by atoms with Crippen LogP contribution in [0.3, 0.4) is 0 Å². The summed E-state index contributed by atoms with van der Waals surface area (Å²) in [6, 6.07) is 13.2. The van der Waals surface area contributed by atoms with Crippen molar-refractivity contribution in [3.8, 4) is 0 Å². The number of benzene rings is 1. The lowest BCUT2D eigenvalue weighted by molar-refractivity contribution is -0.117. The first-order chi connectivity index (χ1) is 12.0. The van der Waals surface area contributed by atoms with E-state index < -0.39 is 0 Å². The van der Waals surface area contributed by atoms with Gasteiger partial charge in [-0.1, -0.05) is 18.2 Å². The van der Waals surface area contributed by atoms with Crippen molar-refractivity contribution in [2.45, 2.75) is 26.7 Å². The number of hydrogen-bond donors (Lipinski definition) is 0. The number of aryl methyl sites for hydroxylation is 2. The van der Waals surface area contributed by atoms with Gasteiger partial charge < -0.3 is 0 Å². The average molecular weight is 370 g/mol. The van der Waals surface area contributed by atoms with Crippen LogP contribution in [0.15, 0.2) is 47.8 Å². The zero-order valence-corrected chi connectivity index (χ0v) is 15.7. The van der Waals surface area contributed by atoms with Gasteiger partial charge in [0.2, 0.25) is 5.91 Å². The number of hydrogen-bond acceptors (Lipinski definition) is 5. The molecule has 0 saturated carbocycles. The van der Waals surface area contributed by atoms with Crippen molar-refractivity contribution in [1.82, 2.24) is 4.98 Å². The summed E-state index contributed by atoms with van der Waals surface area (Å²) in [4.78, 5) is 33.0. The molecule has 0 atom stereocenters. The van der Waals surface area contributed by atoms with Gasteiger partial charge in [-0.15, -0.1) is 22.7 Å². The lowest BCUT2D eigenvalue weighted by Crippen LogP contribution is -2.26. The van der Waals surface area contributed by atoms with Gasteiger partial charge in [-0.3, -0.25) is 14.5 Å². The third kappa shape index (κ3) is 4.21. The van der Waals surface area contributed by atoms with E-state index in [2.05, 4.69) is 4.98 Å². The highest BCUT2D eigenvalue weighted by molar-refractivity contribution is 7.14. The SMILES string of the molecule is Cc1csc(N(C(=O)CCC(=O)c2ccc(C)s2)c2ccccc2)n1. The van der Waals surface area contributed by atoms with E-state index in [0.29, 0.717) is 10.0 Å². The minimum atomic E-state index is -0.123. The van der Waals surface area contributed by atoms with Crippen LogP contribution in [0.1, 0.15) is 33.1 Å². The van der Waals surface area contributed by atoms with Gasteiger partial charge in [0.25, 0.3) is 0 Å². The van der Waals surface area contributed by atoms with Crippen LogP contribution in [0.5, 0.6) is 0 Å². The van der Waals surface area contributed by atoms with Crippen LogP contribution in [-0.2, 0) is 4.79 Å². The van der Waals surface area contributed by atoms with Gasteiger partial charge in [-0.25, -0.2) is 4.98 Å². The average Bonchev–Trinajstić information content (AvgIpc) is 3.22. The van der Waals surface area contributed by atoms with Gasteiger partial charge in [-0.05, 0) is 38.1 Å². The minimum Gasteiger partial charge on any atom is -0.293 e. The summed E-state index contributed by atoms with van der Waals surface area (Å²) in [5.74, 6) is -0.114. The maximum absolute atomic E-state index is 12.8. The molecule has 0 N–H and O–H groups in total. The first-order valence-electron chi connectivity index (χ1n) is 7.94. The van der Waals surface area contributed by atoms with Crippen LogP contribution in [0, 0.1) is 13.8 Å². The molecule has 0 saturated heterocycles. The highest BCUT2D eigenvalue weighted by atomic mass is 32.1. The van der Waals surface area contributed by atoms with Crippen molar-refractivity contribution in [3.05, 3.63) is 63.3 Å². The normalized spacial score (nSPS) is 10.6. The number of thiophene rings is 1. The molecule has 4 nitrogen and oxygen atoms in total. The third-order valence-electron chi connectivity index (χ3n) is 3.64. The van der Waals surface area contributed by atoms with E-state index in [-0.39, 0.29) is 24.5 Å². The zero-order valence-electron chi connectivity index (χ0n) is 14.1. The van der Waals surface area contributed by atoms with Gasteiger partial charge in [0.1, 0.15) is 0 Å². The summed E-state index contributed by atoms with van der Waals surface area (Å²) in [7, 11) is 0.